The van der Waals surface area contributed by atoms with Crippen LogP contribution in [-0.4, -0.2) is 53.6 Å². The highest BCUT2D eigenvalue weighted by Gasteiger charge is 2.32. The average Bonchev–Trinajstić information content (AvgIpc) is 3.30. The molecule has 0 radical (unpaired) electrons. The molecule has 1 aromatic carbocycles. The number of pyridine rings is 1. The fourth-order valence-electron chi connectivity index (χ4n) is 4.24. The number of nitrogens with one attached hydrogen (secondary N) is 2. The third-order valence-electron chi connectivity index (χ3n) is 6.05. The van der Waals surface area contributed by atoms with E-state index in [-0.39, 0.29) is 12.1 Å². The van der Waals surface area contributed by atoms with Crippen LogP contribution in [0, 0.1) is 5.92 Å². The van der Waals surface area contributed by atoms with Gasteiger partial charge in [0.25, 0.3) is 0 Å². The first kappa shape index (κ1) is 22.7. The summed E-state index contributed by atoms with van der Waals surface area (Å²) in [5, 5.41) is 4.21. The Labute approximate surface area is 185 Å². The van der Waals surface area contributed by atoms with Gasteiger partial charge in [-0.2, -0.15) is 0 Å². The van der Waals surface area contributed by atoms with E-state index in [0.717, 1.165) is 42.7 Å². The van der Waals surface area contributed by atoms with Crippen LogP contribution in [0.1, 0.15) is 32.8 Å². The molecule has 1 aliphatic rings. The van der Waals surface area contributed by atoms with Crippen LogP contribution in [0.2, 0.25) is 0 Å². The van der Waals surface area contributed by atoms with Gasteiger partial charge in [-0.15, -0.1) is 0 Å². The van der Waals surface area contributed by atoms with Gasteiger partial charge in [-0.1, -0.05) is 51.1 Å². The minimum Gasteiger partial charge on any atom is -0.369 e. The molecule has 1 aliphatic heterocycles. The minimum atomic E-state index is 0.0350. The van der Waals surface area contributed by atoms with Crippen molar-refractivity contribution in [1.29, 1.82) is 0 Å². The van der Waals surface area contributed by atoms with Gasteiger partial charge in [0.1, 0.15) is 5.65 Å². The van der Waals surface area contributed by atoms with Gasteiger partial charge in [0.2, 0.25) is 0 Å². The molecule has 0 unspecified atom stereocenters. The zero-order valence-electron chi connectivity index (χ0n) is 19.1. The molecule has 3 aromatic rings. The number of amides is 2. The van der Waals surface area contributed by atoms with E-state index in [1.165, 1.54) is 5.56 Å². The quantitative estimate of drug-likeness (QED) is 0.628. The highest BCUT2D eigenvalue weighted by molar-refractivity contribution is 5.89. The van der Waals surface area contributed by atoms with E-state index in [1.54, 1.807) is 0 Å². The van der Waals surface area contributed by atoms with Crippen LogP contribution in [-0.2, 0) is 6.42 Å². The number of H-pyrrole nitrogens is 1. The van der Waals surface area contributed by atoms with E-state index >= 15 is 0 Å². The van der Waals surface area contributed by atoms with E-state index in [9.17, 15) is 4.79 Å². The molecule has 1 saturated heterocycles. The number of hydrogen-bond acceptors (Lipinski definition) is 3. The minimum absolute atomic E-state index is 0.0350. The number of piperidine rings is 1. The van der Waals surface area contributed by atoms with Gasteiger partial charge < -0.3 is 20.1 Å². The molecule has 0 aliphatic carbocycles. The summed E-state index contributed by atoms with van der Waals surface area (Å²) in [7, 11) is 2.12. The van der Waals surface area contributed by atoms with Gasteiger partial charge in [-0.3, -0.25) is 0 Å². The Morgan fingerprint density at radius 1 is 1.23 bits per heavy atom. The topological polar surface area (TPSA) is 64.3 Å². The van der Waals surface area contributed by atoms with E-state index in [4.69, 9.17) is 0 Å². The fourth-order valence-corrected chi connectivity index (χ4v) is 4.24. The lowest BCUT2D eigenvalue weighted by molar-refractivity contribution is 0.161. The summed E-state index contributed by atoms with van der Waals surface area (Å²) in [6.45, 7) is 8.46. The number of rotatable bonds is 5. The normalized spacial score (nSPS) is 18.3. The molecule has 2 N–H and O–H groups in total. The van der Waals surface area contributed by atoms with Crippen LogP contribution in [0.3, 0.4) is 0 Å². The largest absolute Gasteiger partial charge is 0.369 e. The van der Waals surface area contributed by atoms with Crippen molar-refractivity contribution in [3.8, 4) is 0 Å². The number of nitrogens with zero attached hydrogens (tertiary/aromatic N) is 3. The summed E-state index contributed by atoms with van der Waals surface area (Å²) in [5.74, 6) is 0.510. The van der Waals surface area contributed by atoms with Gasteiger partial charge in [-0.25, -0.2) is 9.78 Å². The number of hydrogen-bond donors (Lipinski definition) is 2. The second-order valence-corrected chi connectivity index (χ2v) is 7.93. The standard InChI is InChI=1S/C23H29N5O.C2H6/c1-17-11-15-28(23(29)26-12-8-18-6-4-3-5-7-18)16-21(17)27(2)20-10-14-25-22-19(20)9-13-24-22;1-2/h3-7,9-10,13-14,17,21H,8,11-12,15-16H2,1-2H3,(H,24,25)(H,26,29);1-2H3/t17-,21+;/m1./s1. The van der Waals surface area contributed by atoms with Crippen LogP contribution in [0.15, 0.2) is 54.9 Å². The van der Waals surface area contributed by atoms with Gasteiger partial charge in [0, 0.05) is 56.2 Å². The summed E-state index contributed by atoms with van der Waals surface area (Å²) < 4.78 is 0. The number of fused-ring (bicyclic) bond motifs is 1. The van der Waals surface area contributed by atoms with E-state index in [1.807, 2.05) is 49.3 Å². The Bertz CT molecular complexity index is 955. The van der Waals surface area contributed by atoms with Crippen molar-refractivity contribution in [1.82, 2.24) is 20.2 Å². The Hall–Kier alpha value is -3.02. The summed E-state index contributed by atoms with van der Waals surface area (Å²) in [6.07, 6.45) is 5.61. The number of aromatic nitrogens is 2. The van der Waals surface area contributed by atoms with Gasteiger partial charge in [0.15, 0.2) is 0 Å². The number of aromatic amines is 1. The molecule has 0 spiro atoms. The van der Waals surface area contributed by atoms with Crippen LogP contribution in [0.25, 0.3) is 11.0 Å². The van der Waals surface area contributed by atoms with E-state index in [2.05, 4.69) is 58.4 Å². The zero-order valence-corrected chi connectivity index (χ0v) is 19.1. The summed E-state index contributed by atoms with van der Waals surface area (Å²) in [5.41, 5.74) is 3.29. The number of likely N-dealkylation sites (N-methyl/N-ethyl adjacent to an activating group) is 1. The van der Waals surface area contributed by atoms with Crippen molar-refractivity contribution >= 4 is 22.8 Å². The number of urea groups is 1. The maximum Gasteiger partial charge on any atom is 0.317 e. The highest BCUT2D eigenvalue weighted by Crippen LogP contribution is 2.30. The molecule has 31 heavy (non-hydrogen) atoms. The number of anilines is 1. The first-order valence-corrected chi connectivity index (χ1v) is 11.3. The Morgan fingerprint density at radius 3 is 2.77 bits per heavy atom. The van der Waals surface area contributed by atoms with Crippen LogP contribution in [0.4, 0.5) is 10.5 Å². The fraction of sp³-hybridized carbons (Fsp3) is 0.440. The molecule has 2 aromatic heterocycles. The molecule has 6 nitrogen and oxygen atoms in total. The summed E-state index contributed by atoms with van der Waals surface area (Å²) in [6, 6.07) is 14.7. The van der Waals surface area contributed by atoms with Crippen molar-refractivity contribution in [2.45, 2.75) is 39.7 Å². The SMILES string of the molecule is CC.C[C@@H]1CCN(C(=O)NCCc2ccccc2)C[C@@H]1N(C)c1ccnc2[nH]ccc12. The second kappa shape index (κ2) is 10.8. The lowest BCUT2D eigenvalue weighted by Crippen LogP contribution is -2.55. The molecule has 6 heteroatoms. The third-order valence-corrected chi connectivity index (χ3v) is 6.05. The molecular formula is C25H35N5O. The predicted octanol–water partition coefficient (Wildman–Crippen LogP) is 4.69. The number of carbonyl (C=O) groups excluding carboxylic acids is 1. The van der Waals surface area contributed by atoms with Crippen LogP contribution >= 0.6 is 0 Å². The van der Waals surface area contributed by atoms with Crippen LogP contribution in [0.5, 0.6) is 0 Å². The van der Waals surface area contributed by atoms with Crippen molar-refractivity contribution in [3.05, 3.63) is 60.4 Å². The summed E-state index contributed by atoms with van der Waals surface area (Å²) >= 11 is 0. The maximum atomic E-state index is 12.8. The second-order valence-electron chi connectivity index (χ2n) is 7.93. The molecule has 0 bridgehead atoms. The number of likely N-dealkylation sites (tertiary alicyclic amines) is 1. The molecule has 0 saturated carbocycles. The highest BCUT2D eigenvalue weighted by atomic mass is 16.2. The smallest absolute Gasteiger partial charge is 0.317 e. The van der Waals surface area contributed by atoms with Gasteiger partial charge in [0.05, 0.1) is 0 Å². The molecule has 1 fully saturated rings. The monoisotopic (exact) mass is 421 g/mol. The third kappa shape index (κ3) is 5.37. The Kier molecular flexibility index (Phi) is 7.93. The van der Waals surface area contributed by atoms with E-state index in [0.29, 0.717) is 12.5 Å². The van der Waals surface area contributed by atoms with Crippen molar-refractivity contribution < 1.29 is 4.79 Å². The van der Waals surface area contributed by atoms with Crippen molar-refractivity contribution in [3.63, 3.8) is 0 Å². The first-order chi connectivity index (χ1) is 15.1. The summed E-state index contributed by atoms with van der Waals surface area (Å²) in [4.78, 5) is 24.6. The molecule has 2 amide bonds. The Morgan fingerprint density at radius 2 is 2.00 bits per heavy atom. The molecule has 2 atom stereocenters. The number of carbonyl (C=O) groups is 1. The van der Waals surface area contributed by atoms with Crippen molar-refractivity contribution in [2.75, 3.05) is 31.6 Å². The predicted molar refractivity (Wildman–Crippen MR) is 129 cm³/mol. The van der Waals surface area contributed by atoms with Gasteiger partial charge in [-0.05, 0) is 36.5 Å². The first-order valence-electron chi connectivity index (χ1n) is 11.3. The lowest BCUT2D eigenvalue weighted by Gasteiger charge is -2.42. The average molecular weight is 422 g/mol. The molecular weight excluding hydrogens is 386 g/mol. The number of benzene rings is 1. The zero-order chi connectivity index (χ0) is 22.2. The molecule has 4 rings (SSSR count). The van der Waals surface area contributed by atoms with Crippen LogP contribution < -0.4 is 10.2 Å². The van der Waals surface area contributed by atoms with Gasteiger partial charge >= 0.3 is 6.03 Å². The van der Waals surface area contributed by atoms with E-state index < -0.39 is 0 Å². The van der Waals surface area contributed by atoms with Crippen molar-refractivity contribution in [2.24, 2.45) is 5.92 Å². The Balaban J connectivity index is 0.00000132. The lowest BCUT2D eigenvalue weighted by atomic mass is 9.92. The maximum absolute atomic E-state index is 12.8. The molecule has 166 valence electrons. The molecule has 3 heterocycles.